The van der Waals surface area contributed by atoms with E-state index in [0.717, 1.165) is 33.5 Å². The third kappa shape index (κ3) is 5.56. The summed E-state index contributed by atoms with van der Waals surface area (Å²) in [6.07, 6.45) is 6.37. The Morgan fingerprint density at radius 2 is 1.08 bits per heavy atom. The van der Waals surface area contributed by atoms with Crippen LogP contribution in [0.1, 0.15) is 22.3 Å². The van der Waals surface area contributed by atoms with Crippen molar-refractivity contribution in [3.8, 4) is 0 Å². The number of benzene rings is 4. The largest absolute Gasteiger partial charge is 0.378 e. The van der Waals surface area contributed by atoms with Gasteiger partial charge in [-0.25, -0.2) is 0 Å². The molecule has 0 fully saturated rings. The third-order valence-electron chi connectivity index (χ3n) is 6.37. The molecule has 4 aromatic carbocycles. The first kappa shape index (κ1) is 25.3. The molecule has 0 saturated carbocycles. The standard InChI is InChI=1S/C33H33ClN2/c1-35(2)30-22-18-26(19-23-30)12-11-17-32(27-13-7-5-8-14-27)33(34,28-15-9-6-10-16-28)29-20-24-31(25-21-29)36(3)4/h5-25H,1-4H3. The normalized spacial score (nSPS) is 13.4. The molecular weight excluding hydrogens is 460 g/mol. The minimum atomic E-state index is -0.868. The van der Waals surface area contributed by atoms with Gasteiger partial charge in [0.25, 0.3) is 0 Å². The quantitative estimate of drug-likeness (QED) is 0.181. The van der Waals surface area contributed by atoms with E-state index in [2.05, 4.69) is 127 Å². The summed E-state index contributed by atoms with van der Waals surface area (Å²) in [5.41, 5.74) is 7.62. The van der Waals surface area contributed by atoms with E-state index in [0.29, 0.717) is 0 Å². The SMILES string of the molecule is CN(C)c1ccc(C=CC=C(c2ccccc2)C(Cl)(c2ccccc2)c2ccc(N(C)C)cc2)cc1. The molecule has 0 saturated heterocycles. The number of alkyl halides is 1. The van der Waals surface area contributed by atoms with Crippen LogP contribution in [0.15, 0.2) is 121 Å². The van der Waals surface area contributed by atoms with Crippen LogP contribution in [0.4, 0.5) is 11.4 Å². The highest BCUT2D eigenvalue weighted by Crippen LogP contribution is 2.48. The maximum Gasteiger partial charge on any atom is 0.120 e. The van der Waals surface area contributed by atoms with E-state index < -0.39 is 4.87 Å². The van der Waals surface area contributed by atoms with E-state index in [1.54, 1.807) is 0 Å². The van der Waals surface area contributed by atoms with Crippen LogP contribution in [0.25, 0.3) is 11.6 Å². The van der Waals surface area contributed by atoms with E-state index >= 15 is 0 Å². The molecule has 0 N–H and O–H groups in total. The summed E-state index contributed by atoms with van der Waals surface area (Å²) in [7, 11) is 8.19. The Hall–Kier alpha value is -3.75. The highest BCUT2D eigenvalue weighted by molar-refractivity contribution is 6.32. The van der Waals surface area contributed by atoms with Gasteiger partial charge in [0.2, 0.25) is 0 Å². The van der Waals surface area contributed by atoms with Crippen molar-refractivity contribution in [1.82, 2.24) is 0 Å². The Labute approximate surface area is 220 Å². The van der Waals surface area contributed by atoms with Gasteiger partial charge in [0, 0.05) is 39.6 Å². The number of rotatable bonds is 8. The van der Waals surface area contributed by atoms with Crippen molar-refractivity contribution in [3.63, 3.8) is 0 Å². The fourth-order valence-corrected chi connectivity index (χ4v) is 4.73. The van der Waals surface area contributed by atoms with Gasteiger partial charge in [-0.2, -0.15) is 0 Å². The summed E-state index contributed by atoms with van der Waals surface area (Å²) < 4.78 is 0. The molecule has 1 atom stereocenters. The Morgan fingerprint density at radius 1 is 0.611 bits per heavy atom. The zero-order chi connectivity index (χ0) is 25.5. The molecule has 0 aromatic heterocycles. The lowest BCUT2D eigenvalue weighted by Crippen LogP contribution is -2.23. The number of hydrogen-bond donors (Lipinski definition) is 0. The third-order valence-corrected chi connectivity index (χ3v) is 7.01. The lowest BCUT2D eigenvalue weighted by atomic mass is 9.80. The van der Waals surface area contributed by atoms with Crippen LogP contribution in [0, 0.1) is 0 Å². The first-order valence-corrected chi connectivity index (χ1v) is 12.5. The highest BCUT2D eigenvalue weighted by atomic mass is 35.5. The van der Waals surface area contributed by atoms with Crippen molar-refractivity contribution in [1.29, 1.82) is 0 Å². The molecular formula is C33H33ClN2. The molecule has 1 unspecified atom stereocenters. The number of nitrogens with zero attached hydrogens (tertiary/aromatic N) is 2. The van der Waals surface area contributed by atoms with E-state index in [1.165, 1.54) is 5.69 Å². The minimum absolute atomic E-state index is 0.868. The molecule has 0 aliphatic rings. The zero-order valence-electron chi connectivity index (χ0n) is 21.4. The van der Waals surface area contributed by atoms with Gasteiger partial charge in [-0.3, -0.25) is 0 Å². The van der Waals surface area contributed by atoms with Gasteiger partial charge in [-0.15, -0.1) is 11.6 Å². The van der Waals surface area contributed by atoms with Crippen molar-refractivity contribution >= 4 is 34.6 Å². The molecule has 36 heavy (non-hydrogen) atoms. The second-order valence-corrected chi connectivity index (χ2v) is 9.82. The van der Waals surface area contributed by atoms with Gasteiger partial charge in [0.15, 0.2) is 0 Å². The Bertz CT molecular complexity index is 1310. The first-order valence-electron chi connectivity index (χ1n) is 12.1. The molecule has 4 rings (SSSR count). The molecule has 0 aliphatic heterocycles. The monoisotopic (exact) mass is 492 g/mol. The first-order chi connectivity index (χ1) is 17.4. The summed E-state index contributed by atoms with van der Waals surface area (Å²) in [6, 6.07) is 37.8. The van der Waals surface area contributed by atoms with E-state index in [1.807, 2.05) is 38.4 Å². The average molecular weight is 493 g/mol. The van der Waals surface area contributed by atoms with Crippen molar-refractivity contribution in [2.24, 2.45) is 0 Å². The molecule has 0 heterocycles. The molecule has 0 aliphatic carbocycles. The van der Waals surface area contributed by atoms with Gasteiger partial charge in [-0.05, 0) is 52.1 Å². The second-order valence-electron chi connectivity index (χ2n) is 9.26. The van der Waals surface area contributed by atoms with Gasteiger partial charge in [0.05, 0.1) is 0 Å². The maximum atomic E-state index is 7.74. The maximum absolute atomic E-state index is 7.74. The molecule has 4 aromatic rings. The van der Waals surface area contributed by atoms with E-state index in [9.17, 15) is 0 Å². The van der Waals surface area contributed by atoms with Gasteiger partial charge >= 0.3 is 0 Å². The molecule has 0 bridgehead atoms. The lowest BCUT2D eigenvalue weighted by Gasteiger charge is -2.32. The summed E-state index contributed by atoms with van der Waals surface area (Å²) in [5.74, 6) is 0. The Balaban J connectivity index is 1.84. The van der Waals surface area contributed by atoms with Crippen LogP contribution >= 0.6 is 11.6 Å². The van der Waals surface area contributed by atoms with Crippen LogP contribution < -0.4 is 9.80 Å². The van der Waals surface area contributed by atoms with Gasteiger partial charge in [0.1, 0.15) is 4.87 Å². The predicted molar refractivity (Wildman–Crippen MR) is 158 cm³/mol. The molecule has 0 amide bonds. The smallest absolute Gasteiger partial charge is 0.120 e. The van der Waals surface area contributed by atoms with E-state index in [-0.39, 0.29) is 0 Å². The van der Waals surface area contributed by atoms with Gasteiger partial charge in [-0.1, -0.05) is 103 Å². The van der Waals surface area contributed by atoms with Crippen LogP contribution in [0.3, 0.4) is 0 Å². The zero-order valence-corrected chi connectivity index (χ0v) is 22.2. The van der Waals surface area contributed by atoms with Gasteiger partial charge < -0.3 is 9.80 Å². The average Bonchev–Trinajstić information content (AvgIpc) is 2.92. The Morgan fingerprint density at radius 3 is 1.61 bits per heavy atom. The van der Waals surface area contributed by atoms with Crippen molar-refractivity contribution in [2.45, 2.75) is 4.87 Å². The molecule has 0 spiro atoms. The summed E-state index contributed by atoms with van der Waals surface area (Å²) >= 11 is 7.74. The van der Waals surface area contributed by atoms with Crippen LogP contribution in [-0.4, -0.2) is 28.2 Å². The molecule has 0 radical (unpaired) electrons. The minimum Gasteiger partial charge on any atom is -0.378 e. The summed E-state index contributed by atoms with van der Waals surface area (Å²) in [6.45, 7) is 0. The number of anilines is 2. The Kier molecular flexibility index (Phi) is 7.97. The molecule has 182 valence electrons. The van der Waals surface area contributed by atoms with Crippen molar-refractivity contribution in [3.05, 3.63) is 144 Å². The summed E-state index contributed by atoms with van der Waals surface area (Å²) in [5, 5.41) is 0. The second kappa shape index (κ2) is 11.3. The van der Waals surface area contributed by atoms with Crippen molar-refractivity contribution in [2.75, 3.05) is 38.0 Å². The van der Waals surface area contributed by atoms with Crippen LogP contribution in [-0.2, 0) is 4.87 Å². The molecule has 3 heteroatoms. The van der Waals surface area contributed by atoms with Crippen molar-refractivity contribution < 1.29 is 0 Å². The predicted octanol–water partition coefficient (Wildman–Crippen LogP) is 8.10. The van der Waals surface area contributed by atoms with E-state index in [4.69, 9.17) is 11.6 Å². The topological polar surface area (TPSA) is 6.48 Å². The van der Waals surface area contributed by atoms with Crippen LogP contribution in [0.5, 0.6) is 0 Å². The lowest BCUT2D eigenvalue weighted by molar-refractivity contribution is 0.943. The number of halogens is 1. The molecule has 2 nitrogen and oxygen atoms in total. The number of allylic oxidation sites excluding steroid dienone is 3. The fourth-order valence-electron chi connectivity index (χ4n) is 4.30. The summed E-state index contributed by atoms with van der Waals surface area (Å²) in [4.78, 5) is 3.33. The highest BCUT2D eigenvalue weighted by Gasteiger charge is 2.36. The van der Waals surface area contributed by atoms with Crippen LogP contribution in [0.2, 0.25) is 0 Å². The number of hydrogen-bond acceptors (Lipinski definition) is 2. The fraction of sp³-hybridized carbons (Fsp3) is 0.152.